The second kappa shape index (κ2) is 15.6. The van der Waals surface area contributed by atoms with Gasteiger partial charge < -0.3 is 20.1 Å². The number of amides is 1. The van der Waals surface area contributed by atoms with Crippen LogP contribution in [-0.4, -0.2) is 44.6 Å². The van der Waals surface area contributed by atoms with Gasteiger partial charge in [0.05, 0.1) is 34.4 Å². The molecule has 0 saturated carbocycles. The van der Waals surface area contributed by atoms with Gasteiger partial charge in [0.1, 0.15) is 0 Å². The molecule has 0 aliphatic carbocycles. The second-order valence-electron chi connectivity index (χ2n) is 9.88. The van der Waals surface area contributed by atoms with Crippen LogP contribution in [-0.2, 0) is 24.3 Å². The lowest BCUT2D eigenvalue weighted by Gasteiger charge is -2.33. The van der Waals surface area contributed by atoms with Crippen molar-refractivity contribution in [3.63, 3.8) is 0 Å². The summed E-state index contributed by atoms with van der Waals surface area (Å²) in [4.78, 5) is 19.6. The van der Waals surface area contributed by atoms with E-state index >= 15 is 0 Å². The van der Waals surface area contributed by atoms with Gasteiger partial charge in [-0.15, -0.1) is 0 Å². The maximum Gasteiger partial charge on any atom is 0.226 e. The van der Waals surface area contributed by atoms with Crippen molar-refractivity contribution in [1.82, 2.24) is 25.1 Å². The van der Waals surface area contributed by atoms with Crippen LogP contribution in [0.4, 0.5) is 0 Å². The van der Waals surface area contributed by atoms with Gasteiger partial charge in [-0.2, -0.15) is 5.26 Å². The van der Waals surface area contributed by atoms with Crippen molar-refractivity contribution in [1.29, 1.82) is 5.26 Å². The molecule has 7 nitrogen and oxygen atoms in total. The molecule has 0 radical (unpaired) electrons. The number of carbonyl (C=O) groups excluding carboxylic acids is 1. The normalized spacial score (nSPS) is 12.3. The molecule has 3 aromatic rings. The number of nitrogens with zero attached hydrogens (tertiary/aromatic N) is 4. The molecule has 1 amide bonds. The fraction of sp³-hybridized carbons (Fsp3) is 0.400. The molecule has 212 valence electrons. The molecule has 2 atom stereocenters. The molecule has 2 aromatic carbocycles. The van der Waals surface area contributed by atoms with Gasteiger partial charge in [-0.1, -0.05) is 74.7 Å². The first-order valence-corrected chi connectivity index (χ1v) is 14.6. The van der Waals surface area contributed by atoms with Crippen LogP contribution in [0, 0.1) is 17.2 Å². The standard InChI is InChI=1S/C30H36Cl2N6OS/c1-4-13-35-30(40)37(18-24-7-6-8-26(31)29(24)32)19-27(21(3)5-2)36-28(39)14-25-16-34-20-38(25)17-23-11-9-22(15-33)10-12-23/h6-12,16,20-21,27H,4-5,13-14,17-19H2,1-3H3,(H,35,40)(H,36,39)/t21-,27+/m0/s1. The highest BCUT2D eigenvalue weighted by Crippen LogP contribution is 2.27. The van der Waals surface area contributed by atoms with E-state index in [2.05, 4.69) is 47.4 Å². The zero-order chi connectivity index (χ0) is 29.1. The van der Waals surface area contributed by atoms with E-state index in [1.807, 2.05) is 28.8 Å². The first-order valence-electron chi connectivity index (χ1n) is 13.5. The Labute approximate surface area is 252 Å². The summed E-state index contributed by atoms with van der Waals surface area (Å²) in [6.07, 6.45) is 5.47. The van der Waals surface area contributed by atoms with Crippen molar-refractivity contribution in [3.8, 4) is 6.07 Å². The van der Waals surface area contributed by atoms with Gasteiger partial charge in [-0.05, 0) is 53.9 Å². The van der Waals surface area contributed by atoms with E-state index in [-0.39, 0.29) is 24.3 Å². The fourth-order valence-corrected chi connectivity index (χ4v) is 4.89. The van der Waals surface area contributed by atoms with Crippen molar-refractivity contribution >= 4 is 46.4 Å². The maximum absolute atomic E-state index is 13.3. The highest BCUT2D eigenvalue weighted by Gasteiger charge is 2.24. The molecule has 10 heteroatoms. The van der Waals surface area contributed by atoms with Crippen molar-refractivity contribution in [2.24, 2.45) is 5.92 Å². The van der Waals surface area contributed by atoms with Gasteiger partial charge in [0.25, 0.3) is 0 Å². The van der Waals surface area contributed by atoms with Gasteiger partial charge >= 0.3 is 0 Å². The summed E-state index contributed by atoms with van der Waals surface area (Å²) in [6, 6.07) is 15.0. The summed E-state index contributed by atoms with van der Waals surface area (Å²) in [5.41, 5.74) is 3.32. The van der Waals surface area contributed by atoms with Gasteiger partial charge in [-0.3, -0.25) is 4.79 Å². The quantitative estimate of drug-likeness (QED) is 0.236. The topological polar surface area (TPSA) is 86.0 Å². The van der Waals surface area contributed by atoms with Crippen molar-refractivity contribution in [2.75, 3.05) is 13.1 Å². The molecule has 0 saturated heterocycles. The van der Waals surface area contributed by atoms with Crippen LogP contribution < -0.4 is 10.6 Å². The first kappa shape index (κ1) is 31.4. The van der Waals surface area contributed by atoms with Crippen molar-refractivity contribution < 1.29 is 4.79 Å². The van der Waals surface area contributed by atoms with Crippen LogP contribution in [0.15, 0.2) is 55.0 Å². The first-order chi connectivity index (χ1) is 19.2. The molecule has 0 fully saturated rings. The smallest absolute Gasteiger partial charge is 0.226 e. The molecular weight excluding hydrogens is 563 g/mol. The third-order valence-electron chi connectivity index (χ3n) is 6.88. The number of aromatic nitrogens is 2. The zero-order valence-corrected chi connectivity index (χ0v) is 25.5. The number of nitrogens with one attached hydrogen (secondary N) is 2. The van der Waals surface area contributed by atoms with Crippen LogP contribution in [0.1, 0.15) is 56.0 Å². The van der Waals surface area contributed by atoms with Gasteiger partial charge in [-0.25, -0.2) is 4.98 Å². The lowest BCUT2D eigenvalue weighted by Crippen LogP contribution is -2.51. The van der Waals surface area contributed by atoms with E-state index in [0.717, 1.165) is 36.2 Å². The van der Waals surface area contributed by atoms with E-state index in [1.165, 1.54) is 0 Å². The number of carbonyl (C=O) groups is 1. The summed E-state index contributed by atoms with van der Waals surface area (Å²) in [6.45, 7) is 8.63. The molecule has 40 heavy (non-hydrogen) atoms. The van der Waals surface area contributed by atoms with E-state index in [0.29, 0.717) is 40.4 Å². The Bertz CT molecular complexity index is 1320. The monoisotopic (exact) mass is 598 g/mol. The SMILES string of the molecule is CCCNC(=S)N(Cc1cccc(Cl)c1Cl)C[C@@H](NC(=O)Cc1cncn1Cc1ccc(C#N)cc1)[C@@H](C)CC. The Morgan fingerprint density at radius 3 is 2.62 bits per heavy atom. The van der Waals surface area contributed by atoms with E-state index in [1.54, 1.807) is 30.7 Å². The van der Waals surface area contributed by atoms with Crippen LogP contribution in [0.25, 0.3) is 0 Å². The molecule has 0 spiro atoms. The van der Waals surface area contributed by atoms with E-state index in [9.17, 15) is 4.79 Å². The predicted molar refractivity (Wildman–Crippen MR) is 165 cm³/mol. The fourth-order valence-electron chi connectivity index (χ4n) is 4.27. The molecule has 2 N–H and O–H groups in total. The molecule has 0 bridgehead atoms. The van der Waals surface area contributed by atoms with Crippen LogP contribution in [0.2, 0.25) is 10.0 Å². The number of rotatable bonds is 13. The van der Waals surface area contributed by atoms with Crippen LogP contribution >= 0.6 is 35.4 Å². The van der Waals surface area contributed by atoms with Crippen molar-refractivity contribution in [2.45, 2.75) is 59.2 Å². The van der Waals surface area contributed by atoms with E-state index < -0.39 is 0 Å². The van der Waals surface area contributed by atoms with Crippen LogP contribution in [0.3, 0.4) is 0 Å². The summed E-state index contributed by atoms with van der Waals surface area (Å²) in [5.74, 6) is 0.124. The largest absolute Gasteiger partial charge is 0.363 e. The Kier molecular flexibility index (Phi) is 12.3. The zero-order valence-electron chi connectivity index (χ0n) is 23.2. The number of nitriles is 1. The molecular formula is C30H36Cl2N6OS. The maximum atomic E-state index is 13.3. The predicted octanol–water partition coefficient (Wildman–Crippen LogP) is 5.97. The highest BCUT2D eigenvalue weighted by atomic mass is 35.5. The Balaban J connectivity index is 1.74. The number of hydrogen-bond acceptors (Lipinski definition) is 4. The van der Waals surface area contributed by atoms with Gasteiger partial charge in [0, 0.05) is 44.1 Å². The average Bonchev–Trinajstić information content (AvgIpc) is 3.38. The third kappa shape index (κ3) is 8.95. The summed E-state index contributed by atoms with van der Waals surface area (Å²) in [5, 5.41) is 17.2. The molecule has 1 heterocycles. The lowest BCUT2D eigenvalue weighted by molar-refractivity contribution is -0.121. The minimum atomic E-state index is -0.147. The minimum Gasteiger partial charge on any atom is -0.363 e. The number of halogens is 2. The summed E-state index contributed by atoms with van der Waals surface area (Å²) in [7, 11) is 0. The van der Waals surface area contributed by atoms with Crippen molar-refractivity contribution in [3.05, 3.63) is 87.4 Å². The minimum absolute atomic E-state index is 0.0833. The Hall–Kier alpha value is -3.12. The highest BCUT2D eigenvalue weighted by molar-refractivity contribution is 7.80. The molecule has 0 aliphatic rings. The summed E-state index contributed by atoms with van der Waals surface area (Å²) >= 11 is 18.5. The number of imidazole rings is 1. The summed E-state index contributed by atoms with van der Waals surface area (Å²) < 4.78 is 1.95. The van der Waals surface area contributed by atoms with E-state index in [4.69, 9.17) is 40.7 Å². The molecule has 0 aliphatic heterocycles. The second-order valence-corrected chi connectivity index (χ2v) is 11.1. The molecule has 1 aromatic heterocycles. The molecule has 0 unspecified atom stereocenters. The third-order valence-corrected chi connectivity index (χ3v) is 8.14. The number of hydrogen-bond donors (Lipinski definition) is 2. The average molecular weight is 600 g/mol. The Morgan fingerprint density at radius 2 is 1.95 bits per heavy atom. The van der Waals surface area contributed by atoms with Gasteiger partial charge in [0.15, 0.2) is 5.11 Å². The molecule has 3 rings (SSSR count). The lowest BCUT2D eigenvalue weighted by atomic mass is 9.98. The number of thiocarbonyl (C=S) groups is 1. The van der Waals surface area contributed by atoms with Gasteiger partial charge in [0.2, 0.25) is 5.91 Å². The van der Waals surface area contributed by atoms with Crippen LogP contribution in [0.5, 0.6) is 0 Å². The number of benzene rings is 2. The Morgan fingerprint density at radius 1 is 1.20 bits per heavy atom.